The molecule has 2 atom stereocenters. The Bertz CT molecular complexity index is 698. The number of rotatable bonds is 6. The minimum Gasteiger partial charge on any atom is -0.467 e. The summed E-state index contributed by atoms with van der Waals surface area (Å²) in [5.74, 6) is 2.19. The lowest BCUT2D eigenvalue weighted by molar-refractivity contribution is -0.146. The molecule has 1 rings (SSSR count). The van der Waals surface area contributed by atoms with Gasteiger partial charge in [0.05, 0.1) is 7.11 Å². The van der Waals surface area contributed by atoms with Crippen molar-refractivity contribution in [3.05, 3.63) is 35.9 Å². The van der Waals surface area contributed by atoms with E-state index in [0.29, 0.717) is 5.56 Å². The van der Waals surface area contributed by atoms with Crippen LogP contribution in [0.2, 0.25) is 18.1 Å². The van der Waals surface area contributed by atoms with Crippen molar-refractivity contribution in [1.82, 2.24) is 5.32 Å². The summed E-state index contributed by atoms with van der Waals surface area (Å²) < 4.78 is 10.2. The van der Waals surface area contributed by atoms with E-state index < -0.39 is 32.1 Å². The van der Waals surface area contributed by atoms with Crippen molar-refractivity contribution in [2.45, 2.75) is 57.5 Å². The Labute approximate surface area is 163 Å². The minimum absolute atomic E-state index is 0.123. The van der Waals surface area contributed by atoms with E-state index in [1.54, 1.807) is 12.1 Å². The lowest BCUT2D eigenvalue weighted by Gasteiger charge is -2.31. The molecule has 0 aromatic heterocycles. The van der Waals surface area contributed by atoms with Crippen molar-refractivity contribution in [3.63, 3.8) is 0 Å². The molecule has 0 fully saturated rings. The maximum atomic E-state index is 12.6. The van der Waals surface area contributed by atoms with Crippen molar-refractivity contribution in [1.29, 1.82) is 0 Å². The van der Waals surface area contributed by atoms with E-state index >= 15 is 0 Å². The smallest absolute Gasteiger partial charge is 0.329 e. The molecule has 0 saturated heterocycles. The Hall–Kier alpha value is -2.10. The average molecular weight is 390 g/mol. The van der Waals surface area contributed by atoms with Crippen LogP contribution in [0, 0.1) is 11.5 Å². The predicted molar refractivity (Wildman–Crippen MR) is 110 cm³/mol. The Morgan fingerprint density at radius 2 is 1.74 bits per heavy atom. The number of nitrogens with one attached hydrogen (secondary N) is 1. The molecule has 0 aliphatic carbocycles. The van der Waals surface area contributed by atoms with Gasteiger partial charge in [-0.3, -0.25) is 4.79 Å². The van der Waals surface area contributed by atoms with Gasteiger partial charge in [0.1, 0.15) is 14.1 Å². The molecule has 1 amide bonds. The van der Waals surface area contributed by atoms with Gasteiger partial charge in [-0.15, -0.1) is 11.5 Å². The first-order chi connectivity index (χ1) is 12.5. The van der Waals surface area contributed by atoms with E-state index in [0.717, 1.165) is 0 Å². The topological polar surface area (TPSA) is 64.6 Å². The number of esters is 1. The molecule has 0 unspecified atom stereocenters. The van der Waals surface area contributed by atoms with Gasteiger partial charge in [0.15, 0.2) is 6.10 Å². The van der Waals surface area contributed by atoms with E-state index in [4.69, 9.17) is 9.47 Å². The monoisotopic (exact) mass is 389 g/mol. The number of carbonyl (C=O) groups excluding carboxylic acids is 2. The molecule has 0 saturated carbocycles. The first-order valence-corrected chi connectivity index (χ1v) is 12.0. The van der Waals surface area contributed by atoms with Crippen LogP contribution in [0.15, 0.2) is 30.3 Å². The third kappa shape index (κ3) is 6.53. The largest absolute Gasteiger partial charge is 0.467 e. The van der Waals surface area contributed by atoms with E-state index in [1.807, 2.05) is 18.2 Å². The van der Waals surface area contributed by atoms with Gasteiger partial charge in [0, 0.05) is 13.5 Å². The summed E-state index contributed by atoms with van der Waals surface area (Å²) in [7, 11) is 0.971. The fourth-order valence-electron chi connectivity index (χ4n) is 2.17. The predicted octanol–water partition coefficient (Wildman–Crippen LogP) is 3.47. The van der Waals surface area contributed by atoms with Crippen LogP contribution in [0.25, 0.3) is 0 Å². The summed E-state index contributed by atoms with van der Waals surface area (Å²) in [5.41, 5.74) is 4.07. The number of carbonyl (C=O) groups is 2. The second-order valence-corrected chi connectivity index (χ2v) is 13.0. The molecule has 5 nitrogen and oxygen atoms in total. The molecule has 0 bridgehead atoms. The highest BCUT2D eigenvalue weighted by Gasteiger charge is 2.34. The van der Waals surface area contributed by atoms with Crippen LogP contribution in [0.5, 0.6) is 0 Å². The Balaban J connectivity index is 2.93. The molecule has 148 valence electrons. The van der Waals surface area contributed by atoms with Crippen LogP contribution in [0.3, 0.4) is 0 Å². The van der Waals surface area contributed by atoms with Gasteiger partial charge < -0.3 is 14.8 Å². The molecule has 0 heterocycles. The lowest BCUT2D eigenvalue weighted by atomic mass is 10.1. The van der Waals surface area contributed by atoms with Gasteiger partial charge in [-0.2, -0.15) is 0 Å². The van der Waals surface area contributed by atoms with E-state index in [9.17, 15) is 9.59 Å². The van der Waals surface area contributed by atoms with Crippen molar-refractivity contribution in [2.24, 2.45) is 0 Å². The molecule has 0 aliphatic heterocycles. The van der Waals surface area contributed by atoms with E-state index in [2.05, 4.69) is 50.6 Å². The quantitative estimate of drug-likeness (QED) is 0.460. The number of hydrogen-bond acceptors (Lipinski definition) is 4. The third-order valence-electron chi connectivity index (χ3n) is 4.96. The van der Waals surface area contributed by atoms with Gasteiger partial charge in [0.25, 0.3) is 5.91 Å². The molecule has 6 heteroatoms. The summed E-state index contributed by atoms with van der Waals surface area (Å²) >= 11 is 0. The van der Waals surface area contributed by atoms with Crippen molar-refractivity contribution in [2.75, 3.05) is 14.2 Å². The van der Waals surface area contributed by atoms with Crippen molar-refractivity contribution in [3.8, 4) is 11.5 Å². The van der Waals surface area contributed by atoms with Gasteiger partial charge >= 0.3 is 5.97 Å². The average Bonchev–Trinajstić information content (AvgIpc) is 2.60. The molecule has 1 N–H and O–H groups in total. The zero-order valence-corrected chi connectivity index (χ0v) is 18.4. The molecular weight excluding hydrogens is 358 g/mol. The van der Waals surface area contributed by atoms with Crippen molar-refractivity contribution < 1.29 is 19.1 Å². The second-order valence-electron chi connectivity index (χ2n) is 7.99. The summed E-state index contributed by atoms with van der Waals surface area (Å²) in [6.07, 6.45) is -0.595. The van der Waals surface area contributed by atoms with E-state index in [1.165, 1.54) is 14.2 Å². The SMILES string of the molecule is COC(=O)[C@@H](CC#C[Si](C)(C)C(C)(C)C)NC(=O)[C@H](OC)c1ccccc1. The van der Waals surface area contributed by atoms with E-state index in [-0.39, 0.29) is 11.5 Å². The molecule has 0 aliphatic rings. The molecule has 0 spiro atoms. The van der Waals surface area contributed by atoms with Gasteiger partial charge in [-0.1, -0.05) is 64.2 Å². The highest BCUT2D eigenvalue weighted by molar-refractivity contribution is 6.87. The van der Waals surface area contributed by atoms with Crippen LogP contribution >= 0.6 is 0 Å². The summed E-state index contributed by atoms with van der Waals surface area (Å²) in [4.78, 5) is 24.8. The Kier molecular flexibility index (Phi) is 8.26. The molecule has 0 radical (unpaired) electrons. The number of benzene rings is 1. The fourth-order valence-corrected chi connectivity index (χ4v) is 3.09. The zero-order chi connectivity index (χ0) is 20.7. The van der Waals surface area contributed by atoms with Crippen LogP contribution in [-0.2, 0) is 19.1 Å². The van der Waals surface area contributed by atoms with Gasteiger partial charge in [-0.05, 0) is 10.6 Å². The molecule has 27 heavy (non-hydrogen) atoms. The molecule has 1 aromatic carbocycles. The number of ether oxygens (including phenoxy) is 2. The second kappa shape index (κ2) is 9.72. The normalized spacial score (nSPS) is 13.7. The Morgan fingerprint density at radius 3 is 2.22 bits per heavy atom. The molecular formula is C21H31NO4Si. The first kappa shape index (κ1) is 22.9. The molecule has 1 aromatic rings. The van der Waals surface area contributed by atoms with Crippen LogP contribution in [0.1, 0.15) is 38.9 Å². The zero-order valence-electron chi connectivity index (χ0n) is 17.4. The highest BCUT2D eigenvalue weighted by atomic mass is 28.3. The summed E-state index contributed by atoms with van der Waals surface area (Å²) in [5, 5.41) is 2.84. The lowest BCUT2D eigenvalue weighted by Crippen LogP contribution is -2.44. The summed E-state index contributed by atoms with van der Waals surface area (Å²) in [6.45, 7) is 10.9. The van der Waals surface area contributed by atoms with Gasteiger partial charge in [0.2, 0.25) is 0 Å². The maximum absolute atomic E-state index is 12.6. The Morgan fingerprint density at radius 1 is 1.15 bits per heavy atom. The van der Waals surface area contributed by atoms with Crippen LogP contribution < -0.4 is 5.32 Å². The minimum atomic E-state index is -1.79. The van der Waals surface area contributed by atoms with Crippen LogP contribution in [-0.4, -0.2) is 40.2 Å². The first-order valence-electron chi connectivity index (χ1n) is 8.99. The van der Waals surface area contributed by atoms with Crippen molar-refractivity contribution >= 4 is 20.0 Å². The number of methoxy groups -OCH3 is 2. The third-order valence-corrected chi connectivity index (χ3v) is 9.51. The number of hydrogen-bond donors (Lipinski definition) is 1. The highest BCUT2D eigenvalue weighted by Crippen LogP contribution is 2.35. The summed E-state index contributed by atoms with van der Waals surface area (Å²) in [6, 6.07) is 8.30. The van der Waals surface area contributed by atoms with Gasteiger partial charge in [-0.25, -0.2) is 4.79 Å². The fraction of sp³-hybridized carbons (Fsp3) is 0.524. The standard InChI is InChI=1S/C21H31NO4Si/c1-21(2,3)27(6,7)15-11-14-17(20(24)26-5)22-19(23)18(25-4)16-12-9-8-10-13-16/h8-10,12-13,17-18H,14H2,1-7H3,(H,22,23)/t17-,18-/m1/s1. The van der Waals surface area contributed by atoms with Crippen LogP contribution in [0.4, 0.5) is 0 Å². The maximum Gasteiger partial charge on any atom is 0.329 e. The number of amides is 1.